The first-order valence-corrected chi connectivity index (χ1v) is 10.4. The van der Waals surface area contributed by atoms with Crippen LogP contribution in [-0.2, 0) is 11.3 Å². The molecule has 2 aromatic carbocycles. The van der Waals surface area contributed by atoms with Crippen LogP contribution in [0.5, 0.6) is 11.5 Å². The molecule has 5 nitrogen and oxygen atoms in total. The van der Waals surface area contributed by atoms with Gasteiger partial charge in [-0.2, -0.15) is 0 Å². The van der Waals surface area contributed by atoms with Gasteiger partial charge in [0.05, 0.1) is 24.9 Å². The molecule has 0 aliphatic carbocycles. The van der Waals surface area contributed by atoms with Crippen molar-refractivity contribution in [1.82, 2.24) is 4.90 Å². The van der Waals surface area contributed by atoms with E-state index in [-0.39, 0.29) is 11.8 Å². The Morgan fingerprint density at radius 1 is 1.18 bits per heavy atom. The molecule has 0 bridgehead atoms. The van der Waals surface area contributed by atoms with Crippen LogP contribution in [-0.4, -0.2) is 38.1 Å². The third-order valence-electron chi connectivity index (χ3n) is 4.99. The van der Waals surface area contributed by atoms with Crippen LogP contribution in [0.3, 0.4) is 0 Å². The highest BCUT2D eigenvalue weighted by molar-refractivity contribution is 9.10. The first-order valence-electron chi connectivity index (χ1n) is 9.19. The molecule has 3 rings (SSSR count). The number of methoxy groups -OCH3 is 2. The molecule has 1 amide bonds. The molecule has 0 saturated carbocycles. The molecule has 1 aliphatic rings. The minimum Gasteiger partial charge on any atom is -0.495 e. The first-order chi connectivity index (χ1) is 13.5. The molecular weight excluding hydrogens is 444 g/mol. The molecule has 1 fully saturated rings. The fourth-order valence-electron chi connectivity index (χ4n) is 3.44. The van der Waals surface area contributed by atoms with E-state index >= 15 is 0 Å². The summed E-state index contributed by atoms with van der Waals surface area (Å²) in [5, 5.41) is 3.42. The summed E-state index contributed by atoms with van der Waals surface area (Å²) in [4.78, 5) is 15.2. The van der Waals surface area contributed by atoms with E-state index in [0.717, 1.165) is 36.9 Å². The molecule has 150 valence electrons. The van der Waals surface area contributed by atoms with E-state index in [1.54, 1.807) is 26.4 Å². The zero-order chi connectivity index (χ0) is 20.1. The number of benzene rings is 2. The van der Waals surface area contributed by atoms with E-state index in [1.165, 1.54) is 5.56 Å². The van der Waals surface area contributed by atoms with Crippen molar-refractivity contribution >= 4 is 39.1 Å². The van der Waals surface area contributed by atoms with Crippen molar-refractivity contribution in [2.24, 2.45) is 5.92 Å². The summed E-state index contributed by atoms with van der Waals surface area (Å²) in [6.45, 7) is 2.69. The molecule has 1 N–H and O–H groups in total. The number of nitrogens with one attached hydrogen (secondary N) is 1. The van der Waals surface area contributed by atoms with Gasteiger partial charge in [-0.25, -0.2) is 0 Å². The van der Waals surface area contributed by atoms with Crippen LogP contribution in [0.25, 0.3) is 0 Å². The average molecular weight is 468 g/mol. The summed E-state index contributed by atoms with van der Waals surface area (Å²) in [5.74, 6) is 1.00. The van der Waals surface area contributed by atoms with Crippen molar-refractivity contribution in [2.45, 2.75) is 19.4 Å². The number of carbonyl (C=O) groups is 1. The van der Waals surface area contributed by atoms with Gasteiger partial charge in [0.1, 0.15) is 11.5 Å². The van der Waals surface area contributed by atoms with Crippen LogP contribution in [0.1, 0.15) is 18.4 Å². The predicted molar refractivity (Wildman–Crippen MR) is 115 cm³/mol. The van der Waals surface area contributed by atoms with Gasteiger partial charge in [-0.1, -0.05) is 39.7 Å². The molecule has 0 atom stereocenters. The van der Waals surface area contributed by atoms with Crippen LogP contribution in [0.15, 0.2) is 40.9 Å². The van der Waals surface area contributed by atoms with Crippen molar-refractivity contribution in [1.29, 1.82) is 0 Å². The number of likely N-dealkylation sites (tertiary alicyclic amines) is 1. The minimum atomic E-state index is -0.0230. The minimum absolute atomic E-state index is 0.00443. The third kappa shape index (κ3) is 5.19. The van der Waals surface area contributed by atoms with E-state index in [4.69, 9.17) is 21.1 Å². The number of halogens is 2. The lowest BCUT2D eigenvalue weighted by Crippen LogP contribution is -2.37. The van der Waals surface area contributed by atoms with Gasteiger partial charge in [0.2, 0.25) is 5.91 Å². The Morgan fingerprint density at radius 2 is 1.89 bits per heavy atom. The van der Waals surface area contributed by atoms with Crippen LogP contribution in [0.4, 0.5) is 5.69 Å². The third-order valence-corrected chi connectivity index (χ3v) is 5.77. The smallest absolute Gasteiger partial charge is 0.227 e. The molecule has 0 aromatic heterocycles. The Labute approximate surface area is 179 Å². The number of carbonyl (C=O) groups excluding carboxylic acids is 1. The van der Waals surface area contributed by atoms with Gasteiger partial charge in [0.25, 0.3) is 0 Å². The maximum absolute atomic E-state index is 12.8. The fraction of sp³-hybridized carbons (Fsp3) is 0.381. The maximum Gasteiger partial charge on any atom is 0.227 e. The van der Waals surface area contributed by atoms with Crippen molar-refractivity contribution in [3.8, 4) is 11.5 Å². The predicted octanol–water partition coefficient (Wildman–Crippen LogP) is 4.97. The molecule has 7 heteroatoms. The Balaban J connectivity index is 1.58. The standard InChI is InChI=1S/C21H24BrClN2O3/c1-27-19-12-18(20(28-2)11-17(19)23)24-21(26)15-6-8-25(9-7-15)13-14-4-3-5-16(22)10-14/h3-5,10-12,15H,6-9,13H2,1-2H3,(H,24,26). The van der Waals surface area contributed by atoms with Gasteiger partial charge < -0.3 is 14.8 Å². The second-order valence-corrected chi connectivity index (χ2v) is 8.18. The SMILES string of the molecule is COc1cc(NC(=O)C2CCN(Cc3cccc(Br)c3)CC2)c(OC)cc1Cl. The maximum atomic E-state index is 12.8. The summed E-state index contributed by atoms with van der Waals surface area (Å²) in [6, 6.07) is 11.7. The highest BCUT2D eigenvalue weighted by Gasteiger charge is 2.26. The van der Waals surface area contributed by atoms with E-state index in [1.807, 2.05) is 12.1 Å². The first kappa shape index (κ1) is 21.0. The molecule has 0 spiro atoms. The molecule has 1 aliphatic heterocycles. The Kier molecular flexibility index (Phi) is 7.21. The summed E-state index contributed by atoms with van der Waals surface area (Å²) in [6.07, 6.45) is 1.65. The average Bonchev–Trinajstić information content (AvgIpc) is 2.69. The van der Waals surface area contributed by atoms with Crippen molar-refractivity contribution in [2.75, 3.05) is 32.6 Å². The van der Waals surface area contributed by atoms with E-state index in [0.29, 0.717) is 22.2 Å². The van der Waals surface area contributed by atoms with Crippen LogP contribution in [0, 0.1) is 5.92 Å². The lowest BCUT2D eigenvalue weighted by Gasteiger charge is -2.31. The number of rotatable bonds is 6. The van der Waals surface area contributed by atoms with E-state index in [9.17, 15) is 4.79 Å². The largest absolute Gasteiger partial charge is 0.495 e. The monoisotopic (exact) mass is 466 g/mol. The Bertz CT molecular complexity index is 838. The number of anilines is 1. The number of hydrogen-bond donors (Lipinski definition) is 1. The second-order valence-electron chi connectivity index (χ2n) is 6.86. The highest BCUT2D eigenvalue weighted by Crippen LogP contribution is 2.36. The topological polar surface area (TPSA) is 50.8 Å². The number of ether oxygens (including phenoxy) is 2. The van der Waals surface area contributed by atoms with E-state index < -0.39 is 0 Å². The van der Waals surface area contributed by atoms with Crippen molar-refractivity contribution < 1.29 is 14.3 Å². The normalized spacial score (nSPS) is 15.3. The van der Waals surface area contributed by atoms with Crippen LogP contribution < -0.4 is 14.8 Å². The van der Waals surface area contributed by atoms with Gasteiger partial charge >= 0.3 is 0 Å². The molecule has 1 heterocycles. The van der Waals surface area contributed by atoms with E-state index in [2.05, 4.69) is 38.3 Å². The lowest BCUT2D eigenvalue weighted by molar-refractivity contribution is -0.121. The summed E-state index contributed by atoms with van der Waals surface area (Å²) < 4.78 is 11.7. The molecule has 1 saturated heterocycles. The molecule has 28 heavy (non-hydrogen) atoms. The summed E-state index contributed by atoms with van der Waals surface area (Å²) >= 11 is 9.65. The number of piperidine rings is 1. The van der Waals surface area contributed by atoms with Gasteiger partial charge in [-0.15, -0.1) is 0 Å². The zero-order valence-corrected chi connectivity index (χ0v) is 18.3. The highest BCUT2D eigenvalue weighted by atomic mass is 79.9. The summed E-state index contributed by atoms with van der Waals surface area (Å²) in [5.41, 5.74) is 1.85. The van der Waals surface area contributed by atoms with Crippen LogP contribution in [0.2, 0.25) is 5.02 Å². The van der Waals surface area contributed by atoms with Crippen molar-refractivity contribution in [3.63, 3.8) is 0 Å². The fourth-order valence-corrected chi connectivity index (χ4v) is 4.12. The second kappa shape index (κ2) is 9.63. The molecule has 0 radical (unpaired) electrons. The quantitative estimate of drug-likeness (QED) is 0.652. The molecule has 2 aromatic rings. The van der Waals surface area contributed by atoms with Gasteiger partial charge in [0.15, 0.2) is 0 Å². The van der Waals surface area contributed by atoms with Gasteiger partial charge in [-0.3, -0.25) is 9.69 Å². The van der Waals surface area contributed by atoms with Gasteiger partial charge in [0, 0.05) is 29.1 Å². The molecule has 0 unspecified atom stereocenters. The molecular formula is C21H24BrClN2O3. The number of amides is 1. The van der Waals surface area contributed by atoms with Crippen LogP contribution >= 0.6 is 27.5 Å². The lowest BCUT2D eigenvalue weighted by atomic mass is 9.95. The van der Waals surface area contributed by atoms with Gasteiger partial charge in [-0.05, 0) is 43.6 Å². The van der Waals surface area contributed by atoms with Crippen molar-refractivity contribution in [3.05, 3.63) is 51.5 Å². The Hall–Kier alpha value is -1.76. The number of hydrogen-bond acceptors (Lipinski definition) is 4. The zero-order valence-electron chi connectivity index (χ0n) is 16.0. The Morgan fingerprint density at radius 3 is 2.54 bits per heavy atom. The summed E-state index contributed by atoms with van der Waals surface area (Å²) in [7, 11) is 3.09. The number of nitrogens with zero attached hydrogens (tertiary/aromatic N) is 1.